The molecule has 1 fully saturated rings. The van der Waals surface area contributed by atoms with Crippen molar-refractivity contribution >= 4 is 29.7 Å². The molecule has 1 aliphatic heterocycles. The van der Waals surface area contributed by atoms with E-state index in [0.29, 0.717) is 77.4 Å². The van der Waals surface area contributed by atoms with Gasteiger partial charge in [-0.15, -0.1) is 6.58 Å². The summed E-state index contributed by atoms with van der Waals surface area (Å²) in [6.07, 6.45) is 11.8. The number of methoxy groups -OCH3 is 1. The molecule has 2 aliphatic carbocycles. The summed E-state index contributed by atoms with van der Waals surface area (Å²) in [6.45, 7) is 9.80. The van der Waals surface area contributed by atoms with E-state index in [1.54, 1.807) is 65.6 Å². The van der Waals surface area contributed by atoms with Crippen LogP contribution in [0.1, 0.15) is 98.7 Å². The first kappa shape index (κ1) is 51.2. The van der Waals surface area contributed by atoms with Crippen LogP contribution in [0.4, 0.5) is 10.1 Å². The number of carbonyl (C=O) groups excluding carboxylic acids is 2. The van der Waals surface area contributed by atoms with E-state index >= 15 is 4.79 Å². The third kappa shape index (κ3) is 11.7. The fraction of sp³-hybridized carbons (Fsp3) is 0.400. The second-order valence-electron chi connectivity index (χ2n) is 18.9. The first-order valence-corrected chi connectivity index (χ1v) is 23.8. The Bertz CT molecular complexity index is 2590. The molecule has 0 aromatic heterocycles. The summed E-state index contributed by atoms with van der Waals surface area (Å²) in [5.74, 6) is -1.85. The monoisotopic (exact) mass is 959 g/mol. The summed E-state index contributed by atoms with van der Waals surface area (Å²) in [6, 6.07) is 21.4. The molecule has 70 heavy (non-hydrogen) atoms. The number of fused-ring (bicyclic) bond motifs is 2. The highest BCUT2D eigenvalue weighted by molar-refractivity contribution is 6.03. The largest absolute Gasteiger partial charge is 0.496 e. The van der Waals surface area contributed by atoms with Gasteiger partial charge in [-0.25, -0.2) is 4.39 Å². The van der Waals surface area contributed by atoms with Crippen LogP contribution in [-0.4, -0.2) is 82.3 Å². The van der Waals surface area contributed by atoms with Crippen molar-refractivity contribution in [3.05, 3.63) is 153 Å². The van der Waals surface area contributed by atoms with Crippen LogP contribution >= 0.6 is 0 Å². The Hall–Kier alpha value is -6.68. The van der Waals surface area contributed by atoms with E-state index in [0.717, 1.165) is 24.0 Å². The summed E-state index contributed by atoms with van der Waals surface area (Å²) in [5, 5.41) is 36.4. The topological polar surface area (TPSA) is 179 Å². The zero-order chi connectivity index (χ0) is 50.0. The van der Waals surface area contributed by atoms with Crippen LogP contribution in [0.3, 0.4) is 0 Å². The quantitative estimate of drug-likeness (QED) is 0.0191. The van der Waals surface area contributed by atoms with E-state index in [9.17, 15) is 29.5 Å². The van der Waals surface area contributed by atoms with Gasteiger partial charge in [-0.3, -0.25) is 19.7 Å². The number of unbranched alkanes of at least 4 members (excludes halogenated alkanes) is 2. The van der Waals surface area contributed by atoms with E-state index in [2.05, 4.69) is 12.7 Å². The molecule has 14 nitrogen and oxygen atoms in total. The van der Waals surface area contributed by atoms with Crippen molar-refractivity contribution in [1.29, 1.82) is 0 Å². The number of nitro groups is 1. The Morgan fingerprint density at radius 1 is 0.986 bits per heavy atom. The predicted octanol–water partition coefficient (Wildman–Crippen LogP) is 10.5. The Balaban J connectivity index is 1.47. The highest BCUT2D eigenvalue weighted by atomic mass is 19.1. The summed E-state index contributed by atoms with van der Waals surface area (Å²) < 4.78 is 40.8. The van der Waals surface area contributed by atoms with Crippen molar-refractivity contribution in [2.75, 3.05) is 26.9 Å². The van der Waals surface area contributed by atoms with E-state index in [-0.39, 0.29) is 56.2 Å². The van der Waals surface area contributed by atoms with Gasteiger partial charge < -0.3 is 38.9 Å². The smallest absolute Gasteiger partial charge is 0.269 e. The van der Waals surface area contributed by atoms with Crippen LogP contribution in [0.15, 0.2) is 120 Å². The molecule has 2 N–H and O–H groups in total. The molecule has 4 aromatic rings. The lowest BCUT2D eigenvalue weighted by atomic mass is 9.55. The molecule has 3 aliphatic rings. The number of aliphatic hydroxyl groups is 2. The maximum absolute atomic E-state index is 15.2. The van der Waals surface area contributed by atoms with Crippen LogP contribution in [-0.2, 0) is 20.9 Å². The van der Waals surface area contributed by atoms with Crippen LogP contribution in [0.5, 0.6) is 23.0 Å². The second-order valence-corrected chi connectivity index (χ2v) is 18.9. The summed E-state index contributed by atoms with van der Waals surface area (Å²) in [4.78, 5) is 46.0. The van der Waals surface area contributed by atoms with Crippen LogP contribution < -0.4 is 14.2 Å². The molecule has 6 atom stereocenters. The van der Waals surface area contributed by atoms with Crippen LogP contribution in [0.25, 0.3) is 6.08 Å². The first-order chi connectivity index (χ1) is 33.7. The number of allylic oxidation sites excluding steroid dienone is 1. The third-order valence-electron chi connectivity index (χ3n) is 13.1. The fourth-order valence-corrected chi connectivity index (χ4v) is 10.0. The third-order valence-corrected chi connectivity index (χ3v) is 13.1. The molecule has 1 saturated carbocycles. The van der Waals surface area contributed by atoms with Crippen LogP contribution in [0, 0.1) is 33.7 Å². The molecule has 0 spiro atoms. The molecular formula is C55H62FN3O11. The lowest BCUT2D eigenvalue weighted by Crippen LogP contribution is -2.70. The zero-order valence-electron chi connectivity index (χ0n) is 40.1. The Morgan fingerprint density at radius 2 is 1.69 bits per heavy atom. The molecule has 1 heterocycles. The maximum Gasteiger partial charge on any atom is 0.269 e. The number of aldehydes is 1. The van der Waals surface area contributed by atoms with Gasteiger partial charge in [0.1, 0.15) is 40.5 Å². The van der Waals surface area contributed by atoms with Gasteiger partial charge >= 0.3 is 0 Å². The number of nitrogens with zero attached hydrogens (tertiary/aromatic N) is 3. The number of ether oxygens (including phenoxy) is 4. The molecule has 15 heteroatoms. The SMILES string of the molecule is C=CCOC12Oc3ccc(Oc4ccc(OC)c(C=O)c4)cc3C3C(CCCCO)C(CCCCO)C=C(C(=NOC(C)(C)C)CC1N(Cc1ccc(F)cc1)C(=O)C=Cc1ccc([N+](=O)[O-])cc1)C32. The number of halogens is 1. The number of nitro benzene ring substituents is 1. The highest BCUT2D eigenvalue weighted by Gasteiger charge is 2.65. The van der Waals surface area contributed by atoms with Crippen LogP contribution in [0.2, 0.25) is 0 Å². The van der Waals surface area contributed by atoms with E-state index in [1.165, 1.54) is 37.5 Å². The Kier molecular flexibility index (Phi) is 16.7. The maximum atomic E-state index is 15.2. The van der Waals surface area contributed by atoms with Gasteiger partial charge in [0, 0.05) is 55.9 Å². The lowest BCUT2D eigenvalue weighted by molar-refractivity contribution is -0.384. The van der Waals surface area contributed by atoms with Crippen molar-refractivity contribution < 1.29 is 52.9 Å². The minimum Gasteiger partial charge on any atom is -0.496 e. The molecule has 4 aromatic carbocycles. The number of rotatable bonds is 22. The van der Waals surface area contributed by atoms with Crippen molar-refractivity contribution in [2.24, 2.45) is 22.9 Å². The van der Waals surface area contributed by atoms with Gasteiger partial charge in [-0.1, -0.05) is 42.3 Å². The van der Waals surface area contributed by atoms with Crippen molar-refractivity contribution in [3.63, 3.8) is 0 Å². The number of carbonyl (C=O) groups is 2. The Morgan fingerprint density at radius 3 is 2.34 bits per heavy atom. The van der Waals surface area contributed by atoms with Gasteiger partial charge in [-0.05, 0) is 142 Å². The molecule has 0 saturated heterocycles. The minimum atomic E-state index is -1.61. The molecule has 1 amide bonds. The van der Waals surface area contributed by atoms with Gasteiger partial charge in [0.15, 0.2) is 6.29 Å². The van der Waals surface area contributed by atoms with E-state index in [4.69, 9.17) is 28.9 Å². The number of hydrogen-bond acceptors (Lipinski definition) is 12. The molecular weight excluding hydrogens is 898 g/mol. The minimum absolute atomic E-state index is 0.00519. The number of amides is 1. The molecule has 370 valence electrons. The summed E-state index contributed by atoms with van der Waals surface area (Å²) in [7, 11) is 1.49. The van der Waals surface area contributed by atoms with Gasteiger partial charge in [0.25, 0.3) is 5.69 Å². The summed E-state index contributed by atoms with van der Waals surface area (Å²) in [5.41, 5.74) is 2.95. The van der Waals surface area contributed by atoms with E-state index in [1.807, 2.05) is 32.9 Å². The summed E-state index contributed by atoms with van der Waals surface area (Å²) >= 11 is 0. The normalized spacial score (nSPS) is 22.0. The number of benzene rings is 4. The lowest BCUT2D eigenvalue weighted by Gasteiger charge is -2.60. The van der Waals surface area contributed by atoms with Gasteiger partial charge in [-0.2, -0.15) is 0 Å². The zero-order valence-corrected chi connectivity index (χ0v) is 40.1. The number of hydrogen-bond donors (Lipinski definition) is 2. The molecule has 0 radical (unpaired) electrons. The average molecular weight is 960 g/mol. The Labute approximate surface area is 408 Å². The van der Waals surface area contributed by atoms with Crippen molar-refractivity contribution in [2.45, 2.75) is 95.6 Å². The molecule has 6 unspecified atom stereocenters. The second kappa shape index (κ2) is 22.8. The highest BCUT2D eigenvalue weighted by Crippen LogP contribution is 2.62. The first-order valence-electron chi connectivity index (χ1n) is 23.8. The molecule has 7 rings (SSSR count). The van der Waals surface area contributed by atoms with Crippen molar-refractivity contribution in [3.8, 4) is 23.0 Å². The standard InChI is InChI=1S/C55H62FN3O11/c1-6-29-67-55-50(58(34-37-13-18-40(56)19-14-37)51(63)26-17-36-15-20-41(21-16-36)59(64)65)33-47(57-70-54(2,3)4)45-31-38(11-7-9-27-60)44(12-8-10-28-61)52(53(45)55)46-32-43(23-25-49(46)69-55)68-42-22-24-48(66-5)39(30-42)35-62/h6,13-26,30-32,35,38,44,50,52-53,60-61H,1,7-12,27-29,33-34H2,2-5H3. The number of aliphatic hydroxyl groups excluding tert-OH is 2. The van der Waals surface area contributed by atoms with E-state index < -0.39 is 40.0 Å². The number of oxime groups is 1. The number of non-ortho nitro benzene ring substituents is 1. The molecule has 0 bridgehead atoms. The average Bonchev–Trinajstić information content (AvgIpc) is 3.35. The predicted molar refractivity (Wildman–Crippen MR) is 263 cm³/mol. The van der Waals surface area contributed by atoms with Gasteiger partial charge in [0.05, 0.1) is 35.8 Å². The van der Waals surface area contributed by atoms with Crippen molar-refractivity contribution in [1.82, 2.24) is 4.90 Å². The van der Waals surface area contributed by atoms with Gasteiger partial charge in [0.2, 0.25) is 11.7 Å². The fourth-order valence-electron chi connectivity index (χ4n) is 10.0.